The van der Waals surface area contributed by atoms with Crippen LogP contribution in [0.2, 0.25) is 5.02 Å². The summed E-state index contributed by atoms with van der Waals surface area (Å²) >= 11 is 5.96. The molecule has 2 saturated heterocycles. The number of piperidine rings is 2. The molecular formula is C22H26ClN5O2S. The topological polar surface area (TPSA) is 91.2 Å². The molecule has 5 heterocycles. The summed E-state index contributed by atoms with van der Waals surface area (Å²) in [5.74, 6) is 3.90. The van der Waals surface area contributed by atoms with Crippen molar-refractivity contribution in [1.29, 1.82) is 0 Å². The van der Waals surface area contributed by atoms with E-state index >= 15 is 0 Å². The van der Waals surface area contributed by atoms with Gasteiger partial charge in [-0.05, 0) is 37.5 Å². The molecule has 5 aliphatic rings. The Morgan fingerprint density at radius 2 is 2.00 bits per heavy atom. The number of aliphatic hydroxyl groups is 1. The van der Waals surface area contributed by atoms with Gasteiger partial charge >= 0.3 is 0 Å². The van der Waals surface area contributed by atoms with Crippen molar-refractivity contribution < 1.29 is 9.32 Å². The molecule has 2 aliphatic carbocycles. The Hall–Kier alpha value is -1.77. The number of aliphatic hydroxyl groups excluding tert-OH is 1. The maximum Gasteiger partial charge on any atom is 0.132 e. The predicted molar refractivity (Wildman–Crippen MR) is 120 cm³/mol. The molecule has 31 heavy (non-hydrogen) atoms. The van der Waals surface area contributed by atoms with Crippen LogP contribution in [0, 0.1) is 11.8 Å². The van der Waals surface area contributed by atoms with Crippen LogP contribution in [0.1, 0.15) is 43.1 Å². The summed E-state index contributed by atoms with van der Waals surface area (Å²) in [7, 11) is -1.02. The molecule has 9 heteroatoms. The smallest absolute Gasteiger partial charge is 0.132 e. The summed E-state index contributed by atoms with van der Waals surface area (Å²) in [4.78, 5) is 17.1. The molecule has 2 saturated carbocycles. The van der Waals surface area contributed by atoms with Crippen LogP contribution in [-0.4, -0.2) is 55.3 Å². The fourth-order valence-electron chi connectivity index (χ4n) is 5.74. The number of rotatable bonds is 5. The molecule has 2 unspecified atom stereocenters. The van der Waals surface area contributed by atoms with Crippen molar-refractivity contribution in [1.82, 2.24) is 15.0 Å². The first kappa shape index (κ1) is 19.9. The van der Waals surface area contributed by atoms with Gasteiger partial charge in [-0.15, -0.1) is 0 Å². The number of halogens is 1. The Kier molecular flexibility index (Phi) is 4.74. The van der Waals surface area contributed by atoms with E-state index in [1.807, 2.05) is 0 Å². The van der Waals surface area contributed by atoms with E-state index in [1.165, 1.54) is 6.42 Å². The highest BCUT2D eigenvalue weighted by molar-refractivity contribution is 7.85. The van der Waals surface area contributed by atoms with Crippen molar-refractivity contribution in [3.63, 3.8) is 0 Å². The Balaban J connectivity index is 1.27. The van der Waals surface area contributed by atoms with Crippen LogP contribution in [0.15, 0.2) is 23.4 Å². The number of anilines is 2. The summed E-state index contributed by atoms with van der Waals surface area (Å²) in [5.41, 5.74) is 1.57. The maximum absolute atomic E-state index is 12.7. The standard InChI is InChI=1S/C22H26ClN5O2S/c23-15-8-24-21(25-9-15)19-13-6-14(19)11-28(10-13)18-7-17(27-22(12-29)3-1-4-22)20-16(26-18)2-5-31(20)30/h7-9,13-14,19,29H,1-6,10-12H2,(H,26,27)/t13?,14?,19?,31-/m0/s1. The number of fused-ring (bicyclic) bond motifs is 3. The molecular weight excluding hydrogens is 434 g/mol. The van der Waals surface area contributed by atoms with Gasteiger partial charge in [0.1, 0.15) is 11.6 Å². The third kappa shape index (κ3) is 3.26. The van der Waals surface area contributed by atoms with E-state index < -0.39 is 10.8 Å². The highest BCUT2D eigenvalue weighted by Crippen LogP contribution is 2.51. The Bertz CT molecular complexity index is 1030. The van der Waals surface area contributed by atoms with E-state index in [0.717, 1.165) is 66.7 Å². The second-order valence-electron chi connectivity index (χ2n) is 9.47. The first-order chi connectivity index (χ1) is 15.0. The van der Waals surface area contributed by atoms with Gasteiger partial charge in [-0.25, -0.2) is 15.0 Å². The molecule has 4 fully saturated rings. The summed E-state index contributed by atoms with van der Waals surface area (Å²) in [5, 5.41) is 14.1. The van der Waals surface area contributed by atoms with Gasteiger partial charge in [0, 0.05) is 49.6 Å². The van der Waals surface area contributed by atoms with Crippen LogP contribution in [0.3, 0.4) is 0 Å². The van der Waals surface area contributed by atoms with Gasteiger partial charge in [-0.3, -0.25) is 4.21 Å². The van der Waals surface area contributed by atoms with E-state index in [4.69, 9.17) is 16.6 Å². The third-order valence-corrected chi connectivity index (χ3v) is 9.27. The molecule has 2 aromatic heterocycles. The molecule has 164 valence electrons. The minimum absolute atomic E-state index is 0.0999. The summed E-state index contributed by atoms with van der Waals surface area (Å²) < 4.78 is 12.7. The van der Waals surface area contributed by atoms with Crippen molar-refractivity contribution in [3.05, 3.63) is 35.0 Å². The average molecular weight is 460 g/mol. The van der Waals surface area contributed by atoms with Crippen LogP contribution in [-0.2, 0) is 17.2 Å². The van der Waals surface area contributed by atoms with E-state index in [0.29, 0.717) is 28.5 Å². The highest BCUT2D eigenvalue weighted by Gasteiger charge is 2.49. The molecule has 0 radical (unpaired) electrons. The fraction of sp³-hybridized carbons (Fsp3) is 0.591. The van der Waals surface area contributed by atoms with E-state index in [1.54, 1.807) is 12.4 Å². The zero-order valence-corrected chi connectivity index (χ0v) is 18.8. The summed E-state index contributed by atoms with van der Waals surface area (Å²) in [6, 6.07) is 2.07. The van der Waals surface area contributed by atoms with Crippen molar-refractivity contribution in [2.75, 3.05) is 35.7 Å². The average Bonchev–Trinajstić information content (AvgIpc) is 3.13. The summed E-state index contributed by atoms with van der Waals surface area (Å²) in [6.07, 6.45) is 8.32. The summed E-state index contributed by atoms with van der Waals surface area (Å²) in [6.45, 7) is 1.95. The van der Waals surface area contributed by atoms with Crippen molar-refractivity contribution >= 4 is 33.9 Å². The van der Waals surface area contributed by atoms with E-state index in [-0.39, 0.29) is 12.1 Å². The van der Waals surface area contributed by atoms with Crippen LogP contribution in [0.25, 0.3) is 0 Å². The van der Waals surface area contributed by atoms with Gasteiger partial charge in [0.2, 0.25) is 0 Å². The monoisotopic (exact) mass is 459 g/mol. The van der Waals surface area contributed by atoms with Crippen molar-refractivity contribution in [3.8, 4) is 0 Å². The molecule has 0 spiro atoms. The lowest BCUT2D eigenvalue weighted by molar-refractivity contribution is 0.104. The number of aryl methyl sites for hydroxylation is 1. The van der Waals surface area contributed by atoms with Crippen molar-refractivity contribution in [2.45, 2.75) is 48.5 Å². The minimum Gasteiger partial charge on any atom is -0.394 e. The van der Waals surface area contributed by atoms with Gasteiger partial charge in [0.05, 0.1) is 44.2 Å². The Morgan fingerprint density at radius 1 is 1.26 bits per heavy atom. The van der Waals surface area contributed by atoms with Gasteiger partial charge in [-0.1, -0.05) is 11.6 Å². The first-order valence-electron chi connectivity index (χ1n) is 11.1. The molecule has 7 nitrogen and oxygen atoms in total. The molecule has 0 aromatic carbocycles. The molecule has 2 N–H and O–H groups in total. The van der Waals surface area contributed by atoms with Crippen LogP contribution in [0.4, 0.5) is 11.5 Å². The van der Waals surface area contributed by atoms with Gasteiger partial charge in [0.15, 0.2) is 0 Å². The number of nitrogens with zero attached hydrogens (tertiary/aromatic N) is 4. The number of aromatic nitrogens is 3. The SMILES string of the molecule is O=[S@]1CCc2nc(N3CC4CC(C3)C4c3ncc(Cl)cn3)cc(NC3(CO)CCC3)c21. The Morgan fingerprint density at radius 3 is 2.65 bits per heavy atom. The lowest BCUT2D eigenvalue weighted by atomic mass is 9.61. The molecule has 0 amide bonds. The number of hydrogen-bond acceptors (Lipinski definition) is 7. The first-order valence-corrected chi connectivity index (χ1v) is 12.8. The van der Waals surface area contributed by atoms with E-state index in [9.17, 15) is 9.32 Å². The van der Waals surface area contributed by atoms with Crippen LogP contribution in [0.5, 0.6) is 0 Å². The number of hydrogen-bond donors (Lipinski definition) is 2. The normalized spacial score (nSPS) is 30.3. The van der Waals surface area contributed by atoms with Crippen LogP contribution >= 0.6 is 11.6 Å². The molecule has 7 rings (SSSR count). The number of pyridine rings is 1. The lowest BCUT2D eigenvalue weighted by Gasteiger charge is -2.53. The maximum atomic E-state index is 12.7. The van der Waals surface area contributed by atoms with Gasteiger partial charge in [0.25, 0.3) is 0 Å². The number of nitrogens with one attached hydrogen (secondary N) is 1. The molecule has 3 atom stereocenters. The van der Waals surface area contributed by atoms with Gasteiger partial charge in [-0.2, -0.15) is 0 Å². The van der Waals surface area contributed by atoms with E-state index in [2.05, 4.69) is 26.3 Å². The zero-order chi connectivity index (χ0) is 21.2. The quantitative estimate of drug-likeness (QED) is 0.710. The lowest BCUT2D eigenvalue weighted by Crippen LogP contribution is -2.54. The van der Waals surface area contributed by atoms with Crippen molar-refractivity contribution in [2.24, 2.45) is 11.8 Å². The molecule has 2 aromatic rings. The van der Waals surface area contributed by atoms with Gasteiger partial charge < -0.3 is 15.3 Å². The highest BCUT2D eigenvalue weighted by atomic mass is 35.5. The fourth-order valence-corrected chi connectivity index (χ4v) is 7.19. The predicted octanol–water partition coefficient (Wildman–Crippen LogP) is 2.76. The Labute approximate surface area is 189 Å². The molecule has 2 bridgehead atoms. The second kappa shape index (κ2) is 7.39. The largest absolute Gasteiger partial charge is 0.394 e. The molecule has 3 aliphatic heterocycles. The minimum atomic E-state index is -1.02. The third-order valence-electron chi connectivity index (χ3n) is 7.59. The zero-order valence-electron chi connectivity index (χ0n) is 17.3. The van der Waals surface area contributed by atoms with Crippen LogP contribution < -0.4 is 10.2 Å². The second-order valence-corrected chi connectivity index (χ2v) is 11.4.